The molecule has 0 spiro atoms. The maximum atomic E-state index is 5.81. The van der Waals surface area contributed by atoms with E-state index in [1.54, 1.807) is 0 Å². The van der Waals surface area contributed by atoms with Crippen molar-refractivity contribution in [2.75, 3.05) is 17.6 Å². The molecule has 3 nitrogen and oxygen atoms in total. The van der Waals surface area contributed by atoms with Crippen molar-refractivity contribution < 1.29 is 14.2 Å². The third-order valence-electron chi connectivity index (χ3n) is 3.00. The summed E-state index contributed by atoms with van der Waals surface area (Å²) in [5, 5.41) is 0. The van der Waals surface area contributed by atoms with Gasteiger partial charge in [0.2, 0.25) is 5.79 Å². The zero-order chi connectivity index (χ0) is 10.2. The molecule has 3 atom stereocenters. The summed E-state index contributed by atoms with van der Waals surface area (Å²) in [6, 6.07) is 0. The lowest BCUT2D eigenvalue weighted by molar-refractivity contribution is -0.241. The quantitative estimate of drug-likeness (QED) is 0.255. The largest absolute Gasteiger partial charge is 0.358 e. The second-order valence-corrected chi connectivity index (χ2v) is 4.60. The van der Waals surface area contributed by atoms with Crippen LogP contribution in [-0.4, -0.2) is 35.1 Å². The lowest BCUT2D eigenvalue weighted by Gasteiger charge is -2.32. The molecule has 2 fully saturated rings. The molecule has 0 saturated carbocycles. The SMILES string of the molecule is C=CCCO[C@]1(CI)OC[C@@H]2O[C@@]21C. The maximum absolute atomic E-state index is 5.81. The summed E-state index contributed by atoms with van der Waals surface area (Å²) >= 11 is 2.29. The van der Waals surface area contributed by atoms with Crippen LogP contribution in [0.4, 0.5) is 0 Å². The first-order valence-electron chi connectivity index (χ1n) is 4.81. The smallest absolute Gasteiger partial charge is 0.209 e. The summed E-state index contributed by atoms with van der Waals surface area (Å²) in [6.07, 6.45) is 2.94. The number of hydrogen-bond donors (Lipinski definition) is 0. The van der Waals surface area contributed by atoms with Gasteiger partial charge in [-0.1, -0.05) is 28.7 Å². The van der Waals surface area contributed by atoms with Crippen LogP contribution in [0.3, 0.4) is 0 Å². The van der Waals surface area contributed by atoms with Crippen molar-refractivity contribution in [2.24, 2.45) is 0 Å². The van der Waals surface area contributed by atoms with Crippen molar-refractivity contribution in [1.29, 1.82) is 0 Å². The summed E-state index contributed by atoms with van der Waals surface area (Å²) in [5.41, 5.74) is -0.213. The topological polar surface area (TPSA) is 31.0 Å². The molecule has 0 aromatic rings. The number of hydrogen-bond acceptors (Lipinski definition) is 3. The number of halogens is 1. The average molecular weight is 310 g/mol. The summed E-state index contributed by atoms with van der Waals surface area (Å²) in [5.74, 6) is -0.527. The minimum Gasteiger partial charge on any atom is -0.358 e. The van der Waals surface area contributed by atoms with Crippen molar-refractivity contribution >= 4 is 22.6 Å². The van der Waals surface area contributed by atoms with E-state index in [0.717, 1.165) is 10.8 Å². The monoisotopic (exact) mass is 310 g/mol. The second kappa shape index (κ2) is 3.73. The van der Waals surface area contributed by atoms with Gasteiger partial charge in [-0.3, -0.25) is 0 Å². The maximum Gasteiger partial charge on any atom is 0.209 e. The van der Waals surface area contributed by atoms with E-state index >= 15 is 0 Å². The molecule has 0 aliphatic carbocycles. The highest BCUT2D eigenvalue weighted by atomic mass is 127. The van der Waals surface area contributed by atoms with E-state index in [1.165, 1.54) is 0 Å². The van der Waals surface area contributed by atoms with Crippen LogP contribution in [0.15, 0.2) is 12.7 Å². The molecular formula is C10H15IO3. The molecule has 0 bridgehead atoms. The Bertz CT molecular complexity index is 244. The second-order valence-electron chi connectivity index (χ2n) is 3.84. The lowest BCUT2D eigenvalue weighted by atomic mass is 10.0. The Balaban J connectivity index is 1.99. The Hall–Kier alpha value is 0.350. The van der Waals surface area contributed by atoms with Crippen LogP contribution in [-0.2, 0) is 14.2 Å². The highest BCUT2D eigenvalue weighted by molar-refractivity contribution is 14.1. The van der Waals surface area contributed by atoms with E-state index in [4.69, 9.17) is 14.2 Å². The molecule has 0 N–H and O–H groups in total. The molecule has 0 amide bonds. The van der Waals surface area contributed by atoms with Crippen molar-refractivity contribution in [2.45, 2.75) is 30.8 Å². The molecule has 0 aromatic heterocycles. The van der Waals surface area contributed by atoms with E-state index < -0.39 is 5.79 Å². The normalized spacial score (nSPS) is 44.9. The van der Waals surface area contributed by atoms with Crippen molar-refractivity contribution in [3.63, 3.8) is 0 Å². The first-order chi connectivity index (χ1) is 6.68. The molecule has 80 valence electrons. The van der Waals surface area contributed by atoms with Crippen LogP contribution in [0.1, 0.15) is 13.3 Å². The van der Waals surface area contributed by atoms with Crippen LogP contribution >= 0.6 is 22.6 Å². The van der Waals surface area contributed by atoms with E-state index in [1.807, 2.05) is 6.08 Å². The van der Waals surface area contributed by atoms with Crippen molar-refractivity contribution in [3.8, 4) is 0 Å². The van der Waals surface area contributed by atoms with Crippen LogP contribution in [0.25, 0.3) is 0 Å². The lowest BCUT2D eigenvalue weighted by Crippen LogP contribution is -2.47. The number of fused-ring (bicyclic) bond motifs is 1. The van der Waals surface area contributed by atoms with Gasteiger partial charge in [-0.2, -0.15) is 0 Å². The molecule has 0 unspecified atom stereocenters. The Morgan fingerprint density at radius 2 is 2.50 bits per heavy atom. The van der Waals surface area contributed by atoms with Crippen molar-refractivity contribution in [1.82, 2.24) is 0 Å². The van der Waals surface area contributed by atoms with Crippen LogP contribution in [0.2, 0.25) is 0 Å². The van der Waals surface area contributed by atoms with E-state index in [9.17, 15) is 0 Å². The molecule has 4 heteroatoms. The van der Waals surface area contributed by atoms with Gasteiger partial charge in [0.25, 0.3) is 0 Å². The van der Waals surface area contributed by atoms with E-state index in [0.29, 0.717) is 13.2 Å². The third kappa shape index (κ3) is 1.43. The van der Waals surface area contributed by atoms with Gasteiger partial charge < -0.3 is 14.2 Å². The molecular weight excluding hydrogens is 295 g/mol. The standard InChI is InChI=1S/C10H15IO3/c1-3-4-5-12-10(7-11)9(2)8(14-9)6-13-10/h3,8H,1,4-7H2,2H3/t8-,9-,10+/m0/s1. The Labute approximate surface area is 97.9 Å². The van der Waals surface area contributed by atoms with Gasteiger partial charge in [0.05, 0.1) is 17.6 Å². The third-order valence-corrected chi connectivity index (χ3v) is 4.01. The number of rotatable bonds is 5. The molecule has 0 aromatic carbocycles. The van der Waals surface area contributed by atoms with Gasteiger partial charge in [-0.15, -0.1) is 6.58 Å². The highest BCUT2D eigenvalue weighted by Gasteiger charge is 2.72. The van der Waals surface area contributed by atoms with Crippen molar-refractivity contribution in [3.05, 3.63) is 12.7 Å². The molecule has 2 aliphatic heterocycles. The van der Waals surface area contributed by atoms with Gasteiger partial charge in [-0.25, -0.2) is 0 Å². The van der Waals surface area contributed by atoms with E-state index in [2.05, 4.69) is 36.1 Å². The van der Waals surface area contributed by atoms with E-state index in [-0.39, 0.29) is 11.7 Å². The average Bonchev–Trinajstić information content (AvgIpc) is 2.78. The summed E-state index contributed by atoms with van der Waals surface area (Å²) < 4.78 is 17.9. The highest BCUT2D eigenvalue weighted by Crippen LogP contribution is 2.54. The number of epoxide rings is 1. The first kappa shape index (κ1) is 10.9. The molecule has 0 radical (unpaired) electrons. The molecule has 2 heterocycles. The zero-order valence-corrected chi connectivity index (χ0v) is 10.5. The zero-order valence-electron chi connectivity index (χ0n) is 8.29. The predicted molar refractivity (Wildman–Crippen MR) is 61.6 cm³/mol. The summed E-state index contributed by atoms with van der Waals surface area (Å²) in [6.45, 7) is 7.04. The Morgan fingerprint density at radius 3 is 2.93 bits per heavy atom. The van der Waals surface area contributed by atoms with Gasteiger partial charge in [-0.05, 0) is 13.3 Å². The fraction of sp³-hybridized carbons (Fsp3) is 0.800. The summed E-state index contributed by atoms with van der Waals surface area (Å²) in [4.78, 5) is 0. The first-order valence-corrected chi connectivity index (χ1v) is 6.34. The summed E-state index contributed by atoms with van der Waals surface area (Å²) in [7, 11) is 0. The van der Waals surface area contributed by atoms with Gasteiger partial charge >= 0.3 is 0 Å². The number of alkyl halides is 1. The van der Waals surface area contributed by atoms with Crippen LogP contribution < -0.4 is 0 Å². The van der Waals surface area contributed by atoms with Crippen LogP contribution in [0, 0.1) is 0 Å². The molecule has 2 rings (SSSR count). The molecule has 14 heavy (non-hydrogen) atoms. The van der Waals surface area contributed by atoms with Gasteiger partial charge in [0.15, 0.2) is 0 Å². The molecule has 2 aliphatic rings. The fourth-order valence-electron chi connectivity index (χ4n) is 1.85. The minimum absolute atomic E-state index is 0.213. The minimum atomic E-state index is -0.527. The Morgan fingerprint density at radius 1 is 1.71 bits per heavy atom. The Kier molecular flexibility index (Phi) is 2.90. The number of ether oxygens (including phenoxy) is 3. The van der Waals surface area contributed by atoms with Crippen LogP contribution in [0.5, 0.6) is 0 Å². The predicted octanol–water partition coefficient (Wildman–Crippen LogP) is 1.90. The van der Waals surface area contributed by atoms with Gasteiger partial charge in [0, 0.05) is 0 Å². The van der Waals surface area contributed by atoms with Gasteiger partial charge in [0.1, 0.15) is 11.7 Å². The molecule has 2 saturated heterocycles. The fourth-order valence-corrected chi connectivity index (χ4v) is 3.04.